The zero-order chi connectivity index (χ0) is 21.5. The number of methoxy groups -OCH3 is 1. The van der Waals surface area contributed by atoms with Crippen LogP contribution in [0.25, 0.3) is 0 Å². The molecule has 3 rings (SSSR count). The minimum absolute atomic E-state index is 0.0694. The lowest BCUT2D eigenvalue weighted by Gasteiger charge is -2.36. The Morgan fingerprint density at radius 2 is 1.80 bits per heavy atom. The molecule has 1 aliphatic carbocycles. The maximum atomic E-state index is 13.2. The van der Waals surface area contributed by atoms with Crippen molar-refractivity contribution in [2.75, 3.05) is 33.4 Å². The molecule has 2 fully saturated rings. The highest BCUT2D eigenvalue weighted by Crippen LogP contribution is 2.33. The fraction of sp³-hybridized carbons (Fsp3) is 0.591. The molecule has 1 heterocycles. The van der Waals surface area contributed by atoms with Crippen molar-refractivity contribution in [1.82, 2.24) is 15.5 Å². The van der Waals surface area contributed by atoms with Crippen molar-refractivity contribution in [2.45, 2.75) is 38.1 Å². The highest BCUT2D eigenvalue weighted by molar-refractivity contribution is 5.97. The smallest absolute Gasteiger partial charge is 0.251 e. The Morgan fingerprint density at radius 3 is 2.40 bits per heavy atom. The SMILES string of the molecule is COCCCNC(=O)[C@H](NC(=O)c1ccc(F)cc1)C1CCN(C(=O)C2CC2)CC1. The Hall–Kier alpha value is -2.48. The molecule has 0 aromatic heterocycles. The zero-order valence-corrected chi connectivity index (χ0v) is 17.4. The summed E-state index contributed by atoms with van der Waals surface area (Å²) in [6.45, 7) is 2.18. The van der Waals surface area contributed by atoms with Crippen LogP contribution in [-0.4, -0.2) is 62.0 Å². The third-order valence-corrected chi connectivity index (χ3v) is 5.75. The molecule has 0 radical (unpaired) electrons. The maximum absolute atomic E-state index is 13.2. The van der Waals surface area contributed by atoms with Gasteiger partial charge in [-0.2, -0.15) is 0 Å². The molecule has 2 N–H and O–H groups in total. The van der Waals surface area contributed by atoms with E-state index >= 15 is 0 Å². The van der Waals surface area contributed by atoms with Crippen LogP contribution >= 0.6 is 0 Å². The number of carbonyl (C=O) groups excluding carboxylic acids is 3. The van der Waals surface area contributed by atoms with E-state index in [-0.39, 0.29) is 23.7 Å². The Balaban J connectivity index is 1.62. The van der Waals surface area contributed by atoms with E-state index in [0.29, 0.717) is 51.1 Å². The summed E-state index contributed by atoms with van der Waals surface area (Å²) in [6.07, 6.45) is 3.92. The van der Waals surface area contributed by atoms with Gasteiger partial charge in [0.05, 0.1) is 0 Å². The lowest BCUT2D eigenvalue weighted by molar-refractivity contribution is -0.134. The summed E-state index contributed by atoms with van der Waals surface area (Å²) in [5.41, 5.74) is 0.301. The zero-order valence-electron chi connectivity index (χ0n) is 17.4. The van der Waals surface area contributed by atoms with E-state index in [9.17, 15) is 18.8 Å². The third-order valence-electron chi connectivity index (χ3n) is 5.75. The summed E-state index contributed by atoms with van der Waals surface area (Å²) >= 11 is 0. The lowest BCUT2D eigenvalue weighted by Crippen LogP contribution is -2.54. The highest BCUT2D eigenvalue weighted by Gasteiger charge is 2.38. The van der Waals surface area contributed by atoms with Crippen LogP contribution in [0.5, 0.6) is 0 Å². The minimum Gasteiger partial charge on any atom is -0.385 e. The first-order chi connectivity index (χ1) is 14.5. The topological polar surface area (TPSA) is 87.7 Å². The molecule has 1 atom stereocenters. The average molecular weight is 419 g/mol. The van der Waals surface area contributed by atoms with Gasteiger partial charge in [0.15, 0.2) is 0 Å². The lowest BCUT2D eigenvalue weighted by atomic mass is 9.88. The standard InChI is InChI=1S/C22H30FN3O4/c1-30-14-2-11-24-21(28)19(25-20(27)16-5-7-18(23)8-6-16)15-9-12-26(13-10-15)22(29)17-3-4-17/h5-8,15,17,19H,2-4,9-14H2,1H3,(H,24,28)(H,25,27)/t19-/m1/s1. The van der Waals surface area contributed by atoms with Gasteiger partial charge in [0.1, 0.15) is 11.9 Å². The van der Waals surface area contributed by atoms with Gasteiger partial charge < -0.3 is 20.3 Å². The molecule has 7 nitrogen and oxygen atoms in total. The van der Waals surface area contributed by atoms with Gasteiger partial charge >= 0.3 is 0 Å². The number of likely N-dealkylation sites (tertiary alicyclic amines) is 1. The predicted molar refractivity (Wildman–Crippen MR) is 109 cm³/mol. The first kappa shape index (κ1) is 22.2. The Morgan fingerprint density at radius 1 is 1.13 bits per heavy atom. The summed E-state index contributed by atoms with van der Waals surface area (Å²) in [5, 5.41) is 5.70. The van der Waals surface area contributed by atoms with E-state index in [4.69, 9.17) is 4.74 Å². The molecule has 2 aliphatic rings. The second kappa shape index (κ2) is 10.5. The second-order valence-electron chi connectivity index (χ2n) is 8.03. The molecule has 1 saturated heterocycles. The molecule has 1 aromatic rings. The number of hydrogen-bond donors (Lipinski definition) is 2. The van der Waals surface area contributed by atoms with Gasteiger partial charge in [-0.3, -0.25) is 14.4 Å². The van der Waals surface area contributed by atoms with E-state index in [2.05, 4.69) is 10.6 Å². The Labute approximate surface area is 176 Å². The van der Waals surface area contributed by atoms with Gasteiger partial charge in [-0.15, -0.1) is 0 Å². The van der Waals surface area contributed by atoms with E-state index in [1.54, 1.807) is 7.11 Å². The predicted octanol–water partition coefficient (Wildman–Crippen LogP) is 1.73. The van der Waals surface area contributed by atoms with Crippen LogP contribution in [0.1, 0.15) is 42.5 Å². The van der Waals surface area contributed by atoms with Crippen molar-refractivity contribution in [3.05, 3.63) is 35.6 Å². The number of carbonyl (C=O) groups is 3. The van der Waals surface area contributed by atoms with Crippen LogP contribution in [0.15, 0.2) is 24.3 Å². The van der Waals surface area contributed by atoms with E-state index < -0.39 is 17.8 Å². The average Bonchev–Trinajstić information content (AvgIpc) is 3.60. The van der Waals surface area contributed by atoms with E-state index in [1.807, 2.05) is 4.90 Å². The van der Waals surface area contributed by atoms with Crippen molar-refractivity contribution >= 4 is 17.7 Å². The van der Waals surface area contributed by atoms with Crippen LogP contribution in [0.3, 0.4) is 0 Å². The Bertz CT molecular complexity index is 743. The number of benzene rings is 1. The van der Waals surface area contributed by atoms with E-state index in [0.717, 1.165) is 12.8 Å². The molecule has 8 heteroatoms. The summed E-state index contributed by atoms with van der Waals surface area (Å²) in [5.74, 6) is -0.757. The van der Waals surface area contributed by atoms with E-state index in [1.165, 1.54) is 24.3 Å². The number of halogens is 1. The number of nitrogens with zero attached hydrogens (tertiary/aromatic N) is 1. The van der Waals surface area contributed by atoms with Crippen LogP contribution < -0.4 is 10.6 Å². The molecule has 0 spiro atoms. The number of hydrogen-bond acceptors (Lipinski definition) is 4. The van der Waals surface area contributed by atoms with Gasteiger partial charge in [0.25, 0.3) is 5.91 Å². The molecular formula is C22H30FN3O4. The molecule has 1 aliphatic heterocycles. The first-order valence-corrected chi connectivity index (χ1v) is 10.6. The third kappa shape index (κ3) is 6.01. The fourth-order valence-electron chi connectivity index (χ4n) is 3.80. The normalized spacial score (nSPS) is 18.0. The number of amides is 3. The van der Waals surface area contributed by atoms with Crippen molar-refractivity contribution in [3.8, 4) is 0 Å². The maximum Gasteiger partial charge on any atom is 0.251 e. The first-order valence-electron chi connectivity index (χ1n) is 10.6. The molecule has 0 unspecified atom stereocenters. The van der Waals surface area contributed by atoms with Gasteiger partial charge in [0.2, 0.25) is 11.8 Å². The fourth-order valence-corrected chi connectivity index (χ4v) is 3.80. The van der Waals surface area contributed by atoms with Crippen molar-refractivity contribution in [2.24, 2.45) is 11.8 Å². The molecule has 1 aromatic carbocycles. The van der Waals surface area contributed by atoms with Crippen LogP contribution in [0.4, 0.5) is 4.39 Å². The van der Waals surface area contributed by atoms with Crippen LogP contribution in [-0.2, 0) is 14.3 Å². The van der Waals surface area contributed by atoms with Gasteiger partial charge in [-0.05, 0) is 62.3 Å². The highest BCUT2D eigenvalue weighted by atomic mass is 19.1. The van der Waals surface area contributed by atoms with Crippen LogP contribution in [0.2, 0.25) is 0 Å². The monoisotopic (exact) mass is 419 g/mol. The number of ether oxygens (including phenoxy) is 1. The molecule has 30 heavy (non-hydrogen) atoms. The second-order valence-corrected chi connectivity index (χ2v) is 8.03. The van der Waals surface area contributed by atoms with Crippen molar-refractivity contribution in [1.29, 1.82) is 0 Å². The van der Waals surface area contributed by atoms with Gasteiger partial charge in [0, 0.05) is 44.8 Å². The van der Waals surface area contributed by atoms with Gasteiger partial charge in [-0.1, -0.05) is 0 Å². The van der Waals surface area contributed by atoms with Crippen molar-refractivity contribution in [3.63, 3.8) is 0 Å². The molecule has 3 amide bonds. The largest absolute Gasteiger partial charge is 0.385 e. The molecular weight excluding hydrogens is 389 g/mol. The molecule has 1 saturated carbocycles. The van der Waals surface area contributed by atoms with Gasteiger partial charge in [-0.25, -0.2) is 4.39 Å². The summed E-state index contributed by atoms with van der Waals surface area (Å²) in [4.78, 5) is 39.7. The molecule has 0 bridgehead atoms. The number of piperidine rings is 1. The number of nitrogens with one attached hydrogen (secondary N) is 2. The summed E-state index contributed by atoms with van der Waals surface area (Å²) < 4.78 is 18.2. The Kier molecular flexibility index (Phi) is 7.79. The number of rotatable bonds is 9. The summed E-state index contributed by atoms with van der Waals surface area (Å²) in [6, 6.07) is 4.53. The minimum atomic E-state index is -0.705. The summed E-state index contributed by atoms with van der Waals surface area (Å²) in [7, 11) is 1.60. The van der Waals surface area contributed by atoms with Crippen molar-refractivity contribution < 1.29 is 23.5 Å². The quantitative estimate of drug-likeness (QED) is 0.597. The van der Waals surface area contributed by atoms with Crippen LogP contribution in [0, 0.1) is 17.7 Å². The molecule has 164 valence electrons.